The molecule has 29 heavy (non-hydrogen) atoms. The SMILES string of the molecule is COc1cc(OC)cc(C(=O)N2CCCC3(CCN(Cc4cccnc4)C3)C2)c1. The molecule has 2 aromatic rings. The summed E-state index contributed by atoms with van der Waals surface area (Å²) in [5.41, 5.74) is 2.07. The summed E-state index contributed by atoms with van der Waals surface area (Å²) >= 11 is 0. The molecule has 1 unspecified atom stereocenters. The molecule has 6 nitrogen and oxygen atoms in total. The van der Waals surface area contributed by atoms with Gasteiger partial charge in [0.15, 0.2) is 0 Å². The number of methoxy groups -OCH3 is 2. The fraction of sp³-hybridized carbons (Fsp3) is 0.478. The van der Waals surface area contributed by atoms with Crippen LogP contribution in [0, 0.1) is 5.41 Å². The number of aromatic nitrogens is 1. The minimum Gasteiger partial charge on any atom is -0.497 e. The summed E-state index contributed by atoms with van der Waals surface area (Å²) in [4.78, 5) is 22.0. The van der Waals surface area contributed by atoms with Gasteiger partial charge in [0.25, 0.3) is 5.91 Å². The molecule has 3 heterocycles. The molecule has 154 valence electrons. The molecule has 6 heteroatoms. The van der Waals surface area contributed by atoms with Crippen molar-refractivity contribution in [2.24, 2.45) is 5.41 Å². The number of hydrogen-bond acceptors (Lipinski definition) is 5. The van der Waals surface area contributed by atoms with Gasteiger partial charge in [0.2, 0.25) is 0 Å². The maximum absolute atomic E-state index is 13.2. The van der Waals surface area contributed by atoms with Crippen molar-refractivity contribution in [3.05, 3.63) is 53.9 Å². The first-order valence-corrected chi connectivity index (χ1v) is 10.2. The summed E-state index contributed by atoms with van der Waals surface area (Å²) < 4.78 is 10.7. The van der Waals surface area contributed by atoms with Crippen molar-refractivity contribution >= 4 is 5.91 Å². The molecular formula is C23H29N3O3. The first-order chi connectivity index (χ1) is 14.1. The van der Waals surface area contributed by atoms with E-state index in [-0.39, 0.29) is 11.3 Å². The molecule has 0 radical (unpaired) electrons. The molecule has 1 spiro atoms. The van der Waals surface area contributed by atoms with E-state index in [0.29, 0.717) is 17.1 Å². The molecule has 2 aliphatic heterocycles. The lowest BCUT2D eigenvalue weighted by molar-refractivity contribution is 0.0526. The van der Waals surface area contributed by atoms with Crippen molar-refractivity contribution in [1.82, 2.24) is 14.8 Å². The second-order valence-electron chi connectivity index (χ2n) is 8.25. The summed E-state index contributed by atoms with van der Waals surface area (Å²) in [6, 6.07) is 9.52. The Balaban J connectivity index is 1.45. The molecule has 1 atom stereocenters. The van der Waals surface area contributed by atoms with E-state index in [1.54, 1.807) is 32.4 Å². The maximum Gasteiger partial charge on any atom is 0.254 e. The number of likely N-dealkylation sites (tertiary alicyclic amines) is 2. The van der Waals surface area contributed by atoms with Crippen LogP contribution < -0.4 is 9.47 Å². The van der Waals surface area contributed by atoms with Crippen LogP contribution in [0.2, 0.25) is 0 Å². The summed E-state index contributed by atoms with van der Waals surface area (Å²) in [6.45, 7) is 4.66. The fourth-order valence-electron chi connectivity index (χ4n) is 4.74. The van der Waals surface area contributed by atoms with Crippen LogP contribution in [0.3, 0.4) is 0 Å². The number of ether oxygens (including phenoxy) is 2. The van der Waals surface area contributed by atoms with Crippen LogP contribution in [0.4, 0.5) is 0 Å². The average Bonchev–Trinajstić information content (AvgIpc) is 3.14. The summed E-state index contributed by atoms with van der Waals surface area (Å²) in [5.74, 6) is 1.35. The molecule has 0 bridgehead atoms. The standard InChI is InChI=1S/C23H29N3O3/c1-28-20-11-19(12-21(13-20)29-2)22(27)26-9-4-6-23(17-26)7-10-25(16-23)15-18-5-3-8-24-14-18/h3,5,8,11-14H,4,6-7,9-10,15-17H2,1-2H3. The number of hydrogen-bond donors (Lipinski definition) is 0. The van der Waals surface area contributed by atoms with E-state index in [2.05, 4.69) is 16.0 Å². The van der Waals surface area contributed by atoms with Crippen LogP contribution in [-0.4, -0.2) is 61.1 Å². The zero-order valence-electron chi connectivity index (χ0n) is 17.3. The number of carbonyl (C=O) groups excluding carboxylic acids is 1. The van der Waals surface area contributed by atoms with Crippen LogP contribution in [0.25, 0.3) is 0 Å². The van der Waals surface area contributed by atoms with Gasteiger partial charge >= 0.3 is 0 Å². The van der Waals surface area contributed by atoms with E-state index in [9.17, 15) is 4.79 Å². The van der Waals surface area contributed by atoms with Crippen molar-refractivity contribution in [2.45, 2.75) is 25.8 Å². The molecule has 2 aliphatic rings. The number of amides is 1. The normalized spacial score (nSPS) is 22.1. The Bertz CT molecular complexity index is 835. The molecule has 0 aliphatic carbocycles. The predicted molar refractivity (Wildman–Crippen MR) is 111 cm³/mol. The van der Waals surface area contributed by atoms with Gasteiger partial charge in [0.1, 0.15) is 11.5 Å². The molecule has 2 fully saturated rings. The molecule has 0 N–H and O–H groups in total. The van der Waals surface area contributed by atoms with Crippen molar-refractivity contribution < 1.29 is 14.3 Å². The zero-order valence-corrected chi connectivity index (χ0v) is 17.3. The van der Waals surface area contributed by atoms with Crippen molar-refractivity contribution in [3.63, 3.8) is 0 Å². The Kier molecular flexibility index (Phi) is 5.72. The van der Waals surface area contributed by atoms with E-state index in [4.69, 9.17) is 9.47 Å². The summed E-state index contributed by atoms with van der Waals surface area (Å²) in [6.07, 6.45) is 7.12. The quantitative estimate of drug-likeness (QED) is 0.778. The van der Waals surface area contributed by atoms with E-state index in [1.165, 1.54) is 12.0 Å². The molecule has 1 amide bonds. The van der Waals surface area contributed by atoms with Crippen molar-refractivity contribution in [3.8, 4) is 11.5 Å². The Hall–Kier alpha value is -2.60. The lowest BCUT2D eigenvalue weighted by Crippen LogP contribution is -2.47. The van der Waals surface area contributed by atoms with Gasteiger partial charge in [0.05, 0.1) is 14.2 Å². The minimum atomic E-state index is 0.0620. The van der Waals surface area contributed by atoms with Crippen molar-refractivity contribution in [2.75, 3.05) is 40.4 Å². The van der Waals surface area contributed by atoms with Crippen LogP contribution in [0.5, 0.6) is 11.5 Å². The molecule has 4 rings (SSSR count). The number of rotatable bonds is 5. The van der Waals surface area contributed by atoms with E-state index in [0.717, 1.165) is 45.6 Å². The Morgan fingerprint density at radius 2 is 1.90 bits per heavy atom. The fourth-order valence-corrected chi connectivity index (χ4v) is 4.74. The Morgan fingerprint density at radius 1 is 1.10 bits per heavy atom. The van der Waals surface area contributed by atoms with E-state index < -0.39 is 0 Å². The third-order valence-electron chi connectivity index (χ3n) is 6.19. The molecule has 1 aromatic heterocycles. The van der Waals surface area contributed by atoms with Gasteiger partial charge in [-0.3, -0.25) is 14.7 Å². The summed E-state index contributed by atoms with van der Waals surface area (Å²) in [5, 5.41) is 0. The second-order valence-corrected chi connectivity index (χ2v) is 8.25. The third kappa shape index (κ3) is 4.37. The highest BCUT2D eigenvalue weighted by Gasteiger charge is 2.42. The highest BCUT2D eigenvalue weighted by molar-refractivity contribution is 5.95. The van der Waals surface area contributed by atoms with Gasteiger partial charge < -0.3 is 14.4 Å². The van der Waals surface area contributed by atoms with Gasteiger partial charge in [0, 0.05) is 55.6 Å². The zero-order chi connectivity index (χ0) is 20.3. The lowest BCUT2D eigenvalue weighted by atomic mass is 9.79. The van der Waals surface area contributed by atoms with Gasteiger partial charge in [-0.05, 0) is 49.6 Å². The first kappa shape index (κ1) is 19.7. The van der Waals surface area contributed by atoms with Crippen LogP contribution in [0.1, 0.15) is 35.2 Å². The molecular weight excluding hydrogens is 366 g/mol. The topological polar surface area (TPSA) is 54.9 Å². The first-order valence-electron chi connectivity index (χ1n) is 10.2. The monoisotopic (exact) mass is 395 g/mol. The Morgan fingerprint density at radius 3 is 2.59 bits per heavy atom. The number of nitrogens with zero attached hydrogens (tertiary/aromatic N) is 3. The van der Waals surface area contributed by atoms with E-state index in [1.807, 2.05) is 23.4 Å². The Labute approximate surface area is 172 Å². The summed E-state index contributed by atoms with van der Waals surface area (Å²) in [7, 11) is 3.21. The molecule has 0 saturated carbocycles. The predicted octanol–water partition coefficient (Wildman–Crippen LogP) is 3.23. The van der Waals surface area contributed by atoms with Gasteiger partial charge in [-0.25, -0.2) is 0 Å². The van der Waals surface area contributed by atoms with Crippen molar-refractivity contribution in [1.29, 1.82) is 0 Å². The van der Waals surface area contributed by atoms with Gasteiger partial charge in [-0.15, -0.1) is 0 Å². The largest absolute Gasteiger partial charge is 0.497 e. The highest BCUT2D eigenvalue weighted by Crippen LogP contribution is 2.40. The van der Waals surface area contributed by atoms with Crippen LogP contribution in [-0.2, 0) is 6.54 Å². The number of benzene rings is 1. The molecule has 1 aromatic carbocycles. The number of pyridine rings is 1. The lowest BCUT2D eigenvalue weighted by Gasteiger charge is -2.40. The smallest absolute Gasteiger partial charge is 0.254 e. The van der Waals surface area contributed by atoms with Crippen LogP contribution >= 0.6 is 0 Å². The second kappa shape index (κ2) is 8.41. The molecule has 2 saturated heterocycles. The van der Waals surface area contributed by atoms with Gasteiger partial charge in [-0.1, -0.05) is 6.07 Å². The maximum atomic E-state index is 13.2. The van der Waals surface area contributed by atoms with Gasteiger partial charge in [-0.2, -0.15) is 0 Å². The van der Waals surface area contributed by atoms with E-state index >= 15 is 0 Å². The minimum absolute atomic E-state index is 0.0620. The third-order valence-corrected chi connectivity index (χ3v) is 6.19. The van der Waals surface area contributed by atoms with Crippen LogP contribution in [0.15, 0.2) is 42.7 Å². The highest BCUT2D eigenvalue weighted by atomic mass is 16.5. The average molecular weight is 396 g/mol. The number of piperidine rings is 1. The number of carbonyl (C=O) groups is 1.